The van der Waals surface area contributed by atoms with E-state index in [1.807, 2.05) is 0 Å². The Kier molecular flexibility index (Phi) is 6.43. The maximum atomic E-state index is 14.0. The van der Waals surface area contributed by atoms with Crippen LogP contribution in [-0.2, 0) is 5.41 Å². The summed E-state index contributed by atoms with van der Waals surface area (Å²) in [4.78, 5) is 11.8. The number of rotatable bonds is 6. The predicted octanol–water partition coefficient (Wildman–Crippen LogP) is 5.59. The van der Waals surface area contributed by atoms with Crippen molar-refractivity contribution in [2.24, 2.45) is 4.99 Å². The number of aryl methyl sites for hydroxylation is 1. The van der Waals surface area contributed by atoms with Crippen LogP contribution in [0, 0.1) is 18.6 Å². The fourth-order valence-corrected chi connectivity index (χ4v) is 3.66. The fraction of sp³-hybridized carbons (Fsp3) is 0.348. The van der Waals surface area contributed by atoms with Gasteiger partial charge >= 0.3 is 6.18 Å². The molecule has 3 rings (SSSR count). The van der Waals surface area contributed by atoms with Gasteiger partial charge in [-0.25, -0.2) is 18.7 Å². The molecule has 0 saturated heterocycles. The third-order valence-electron chi connectivity index (χ3n) is 5.27. The first-order valence-electron chi connectivity index (χ1n) is 9.87. The lowest BCUT2D eigenvalue weighted by molar-refractivity contribution is -0.234. The van der Waals surface area contributed by atoms with Crippen LogP contribution in [0.5, 0.6) is 5.75 Å². The number of aliphatic hydroxyl groups is 1. The Morgan fingerprint density at radius 1 is 1.09 bits per heavy atom. The standard InChI is InChI=1S/C23H22F5N3O2/c1-13-29-10-16-18(8-15(25)9-19(16)31-13)30-12-22(32,23(26,27)28)11-21(2,3)17-7-14(24)5-6-20(17)33-4/h5-10,12,32H,11H2,1-4H3/b30-12-. The molecule has 1 N–H and O–H groups in total. The molecule has 33 heavy (non-hydrogen) atoms. The Morgan fingerprint density at radius 2 is 1.79 bits per heavy atom. The molecule has 2 aromatic carbocycles. The van der Waals surface area contributed by atoms with Crippen LogP contribution in [0.1, 0.15) is 31.7 Å². The molecular weight excluding hydrogens is 445 g/mol. The molecule has 0 aliphatic heterocycles. The smallest absolute Gasteiger partial charge is 0.422 e. The number of hydrogen-bond acceptors (Lipinski definition) is 5. The third-order valence-corrected chi connectivity index (χ3v) is 5.27. The Hall–Kier alpha value is -3.14. The molecule has 1 unspecified atom stereocenters. The van der Waals surface area contributed by atoms with E-state index < -0.39 is 35.2 Å². The van der Waals surface area contributed by atoms with Gasteiger partial charge in [-0.1, -0.05) is 13.8 Å². The highest BCUT2D eigenvalue weighted by atomic mass is 19.4. The summed E-state index contributed by atoms with van der Waals surface area (Å²) < 4.78 is 75.1. The maximum absolute atomic E-state index is 14.0. The summed E-state index contributed by atoms with van der Waals surface area (Å²) in [6, 6.07) is 5.52. The van der Waals surface area contributed by atoms with Gasteiger partial charge in [-0.3, -0.25) is 4.99 Å². The van der Waals surface area contributed by atoms with E-state index in [2.05, 4.69) is 15.0 Å². The van der Waals surface area contributed by atoms with Crippen LogP contribution >= 0.6 is 0 Å². The van der Waals surface area contributed by atoms with Crippen LogP contribution in [0.4, 0.5) is 27.6 Å². The SMILES string of the molecule is COc1ccc(F)cc1C(C)(C)CC(O)(/C=N\c1cc(F)cc2nc(C)ncc12)C(F)(F)F. The van der Waals surface area contributed by atoms with E-state index in [9.17, 15) is 27.1 Å². The van der Waals surface area contributed by atoms with Gasteiger partial charge in [-0.2, -0.15) is 13.2 Å². The molecule has 0 aliphatic carbocycles. The highest BCUT2D eigenvalue weighted by molar-refractivity contribution is 5.91. The molecular formula is C23H22F5N3O2. The summed E-state index contributed by atoms with van der Waals surface area (Å²) in [6.45, 7) is 4.42. The van der Waals surface area contributed by atoms with Gasteiger partial charge in [0, 0.05) is 35.5 Å². The molecule has 5 nitrogen and oxygen atoms in total. The number of alkyl halides is 3. The van der Waals surface area contributed by atoms with Crippen LogP contribution in [0.15, 0.2) is 41.5 Å². The molecule has 0 saturated carbocycles. The number of ether oxygens (including phenoxy) is 1. The zero-order chi connectivity index (χ0) is 24.6. The van der Waals surface area contributed by atoms with Gasteiger partial charge in [0.1, 0.15) is 23.2 Å². The predicted molar refractivity (Wildman–Crippen MR) is 114 cm³/mol. The summed E-state index contributed by atoms with van der Waals surface area (Å²) >= 11 is 0. The van der Waals surface area contributed by atoms with Crippen molar-refractivity contribution in [3.05, 3.63) is 59.6 Å². The van der Waals surface area contributed by atoms with Crippen molar-refractivity contribution in [2.75, 3.05) is 7.11 Å². The number of aliphatic imine (C=N–C) groups is 1. The molecule has 0 bridgehead atoms. The normalized spacial score (nSPS) is 14.6. The summed E-state index contributed by atoms with van der Waals surface area (Å²) in [5, 5.41) is 10.9. The molecule has 176 valence electrons. The molecule has 3 aromatic rings. The molecule has 10 heteroatoms. The summed E-state index contributed by atoms with van der Waals surface area (Å²) in [7, 11) is 1.31. The van der Waals surface area contributed by atoms with E-state index in [0.717, 1.165) is 24.3 Å². The fourth-order valence-electron chi connectivity index (χ4n) is 3.66. The Morgan fingerprint density at radius 3 is 2.42 bits per heavy atom. The van der Waals surface area contributed by atoms with Crippen molar-refractivity contribution in [1.29, 1.82) is 0 Å². The van der Waals surface area contributed by atoms with E-state index in [1.54, 1.807) is 6.92 Å². The van der Waals surface area contributed by atoms with Crippen LogP contribution in [-0.4, -0.2) is 40.2 Å². The van der Waals surface area contributed by atoms with Crippen molar-refractivity contribution < 1.29 is 31.8 Å². The average Bonchev–Trinajstić information content (AvgIpc) is 2.70. The van der Waals surface area contributed by atoms with Gasteiger partial charge in [0.05, 0.1) is 18.3 Å². The lowest BCUT2D eigenvalue weighted by Crippen LogP contribution is -2.50. The number of fused-ring (bicyclic) bond motifs is 1. The van der Waals surface area contributed by atoms with Crippen LogP contribution in [0.2, 0.25) is 0 Å². The highest BCUT2D eigenvalue weighted by Gasteiger charge is 2.55. The number of aromatic nitrogens is 2. The minimum absolute atomic E-state index is 0.140. The van der Waals surface area contributed by atoms with Gasteiger partial charge in [-0.05, 0) is 37.0 Å². The molecule has 1 heterocycles. The number of nitrogens with zero attached hydrogens (tertiary/aromatic N) is 3. The van der Waals surface area contributed by atoms with Crippen LogP contribution in [0.3, 0.4) is 0 Å². The molecule has 1 aromatic heterocycles. The summed E-state index contributed by atoms with van der Waals surface area (Å²) in [6.07, 6.45) is -4.40. The van der Waals surface area contributed by atoms with Gasteiger partial charge in [0.15, 0.2) is 5.60 Å². The molecule has 0 radical (unpaired) electrons. The second-order valence-corrected chi connectivity index (χ2v) is 8.36. The number of methoxy groups -OCH3 is 1. The van der Waals surface area contributed by atoms with Crippen molar-refractivity contribution >= 4 is 22.8 Å². The lowest BCUT2D eigenvalue weighted by atomic mass is 9.74. The highest BCUT2D eigenvalue weighted by Crippen LogP contribution is 2.43. The largest absolute Gasteiger partial charge is 0.496 e. The molecule has 0 fully saturated rings. The number of benzene rings is 2. The van der Waals surface area contributed by atoms with Gasteiger partial charge in [0.2, 0.25) is 0 Å². The monoisotopic (exact) mass is 467 g/mol. The number of halogens is 5. The third kappa shape index (κ3) is 5.11. The van der Waals surface area contributed by atoms with Crippen molar-refractivity contribution in [2.45, 2.75) is 44.4 Å². The van der Waals surface area contributed by atoms with Crippen LogP contribution in [0.25, 0.3) is 10.9 Å². The van der Waals surface area contributed by atoms with Crippen LogP contribution < -0.4 is 4.74 Å². The zero-order valence-corrected chi connectivity index (χ0v) is 18.3. The maximum Gasteiger partial charge on any atom is 0.422 e. The summed E-state index contributed by atoms with van der Waals surface area (Å²) in [5.41, 5.74) is -4.68. The lowest BCUT2D eigenvalue weighted by Gasteiger charge is -2.36. The van der Waals surface area contributed by atoms with Gasteiger partial charge < -0.3 is 9.84 Å². The van der Waals surface area contributed by atoms with E-state index in [0.29, 0.717) is 12.0 Å². The zero-order valence-electron chi connectivity index (χ0n) is 18.3. The van der Waals surface area contributed by atoms with Gasteiger partial charge in [0.25, 0.3) is 0 Å². The average molecular weight is 467 g/mol. The first-order chi connectivity index (χ1) is 15.3. The minimum Gasteiger partial charge on any atom is -0.496 e. The summed E-state index contributed by atoms with van der Waals surface area (Å²) in [5.74, 6) is -0.898. The molecule has 1 atom stereocenters. The molecule has 0 aliphatic rings. The first kappa shape index (κ1) is 24.5. The van der Waals surface area contributed by atoms with E-state index in [1.165, 1.54) is 33.2 Å². The van der Waals surface area contributed by atoms with E-state index in [-0.39, 0.29) is 27.9 Å². The van der Waals surface area contributed by atoms with Crippen molar-refractivity contribution in [3.63, 3.8) is 0 Å². The van der Waals surface area contributed by atoms with Gasteiger partial charge in [-0.15, -0.1) is 0 Å². The van der Waals surface area contributed by atoms with Crippen molar-refractivity contribution in [3.8, 4) is 5.75 Å². The Bertz CT molecular complexity index is 1210. The first-order valence-corrected chi connectivity index (χ1v) is 9.87. The Balaban J connectivity index is 2.07. The van der Waals surface area contributed by atoms with E-state index >= 15 is 0 Å². The Labute approximate surface area is 187 Å². The quantitative estimate of drug-likeness (QED) is 0.379. The molecule has 0 spiro atoms. The second kappa shape index (κ2) is 8.66. The minimum atomic E-state index is -5.13. The topological polar surface area (TPSA) is 67.6 Å². The number of hydrogen-bond donors (Lipinski definition) is 1. The van der Waals surface area contributed by atoms with Crippen molar-refractivity contribution in [1.82, 2.24) is 9.97 Å². The second-order valence-electron chi connectivity index (χ2n) is 8.36. The van der Waals surface area contributed by atoms with E-state index in [4.69, 9.17) is 4.74 Å². The molecule has 0 amide bonds.